The SMILES string of the molecule is COC(=O)CNC(=O)Nc1ccc2c(c1)C(=O)N(CC(C)C)C2=O. The van der Waals surface area contributed by atoms with Crippen molar-refractivity contribution in [3.05, 3.63) is 29.3 Å². The normalized spacial score (nSPS) is 13.1. The summed E-state index contributed by atoms with van der Waals surface area (Å²) in [5, 5.41) is 4.82. The summed E-state index contributed by atoms with van der Waals surface area (Å²) in [5.41, 5.74) is 0.927. The number of rotatable bonds is 5. The fourth-order valence-corrected chi connectivity index (χ4v) is 2.30. The number of benzene rings is 1. The Hall–Kier alpha value is -2.90. The van der Waals surface area contributed by atoms with Gasteiger partial charge in [0, 0.05) is 12.2 Å². The van der Waals surface area contributed by atoms with Gasteiger partial charge in [-0.1, -0.05) is 13.8 Å². The molecule has 24 heavy (non-hydrogen) atoms. The number of fused-ring (bicyclic) bond motifs is 1. The van der Waals surface area contributed by atoms with Gasteiger partial charge in [0.05, 0.1) is 18.2 Å². The molecule has 4 amide bonds. The minimum absolute atomic E-state index is 0.161. The van der Waals surface area contributed by atoms with E-state index >= 15 is 0 Å². The molecule has 1 aliphatic heterocycles. The third kappa shape index (κ3) is 3.70. The molecule has 1 heterocycles. The lowest BCUT2D eigenvalue weighted by molar-refractivity contribution is -0.139. The fraction of sp³-hybridized carbons (Fsp3) is 0.375. The maximum atomic E-state index is 12.4. The Bertz CT molecular complexity index is 699. The van der Waals surface area contributed by atoms with Crippen molar-refractivity contribution < 1.29 is 23.9 Å². The fourth-order valence-electron chi connectivity index (χ4n) is 2.30. The van der Waals surface area contributed by atoms with Gasteiger partial charge < -0.3 is 15.4 Å². The second-order valence-electron chi connectivity index (χ2n) is 5.76. The summed E-state index contributed by atoms with van der Waals surface area (Å²) in [4.78, 5) is 48.5. The van der Waals surface area contributed by atoms with E-state index in [0.29, 0.717) is 17.8 Å². The maximum absolute atomic E-state index is 12.4. The van der Waals surface area contributed by atoms with Crippen molar-refractivity contribution in [1.82, 2.24) is 10.2 Å². The molecule has 0 saturated carbocycles. The van der Waals surface area contributed by atoms with Crippen molar-refractivity contribution in [3.63, 3.8) is 0 Å². The standard InChI is InChI=1S/C16H19N3O5/c1-9(2)8-19-14(21)11-5-4-10(6-12(11)15(19)22)18-16(23)17-7-13(20)24-3/h4-6,9H,7-8H2,1-3H3,(H2,17,18,23). The lowest BCUT2D eigenvalue weighted by atomic mass is 10.1. The predicted octanol–water partition coefficient (Wildman–Crippen LogP) is 1.23. The molecule has 0 fully saturated rings. The molecule has 1 aromatic carbocycles. The van der Waals surface area contributed by atoms with Gasteiger partial charge in [-0.3, -0.25) is 19.3 Å². The molecule has 0 atom stereocenters. The molecule has 0 unspecified atom stereocenters. The summed E-state index contributed by atoms with van der Waals surface area (Å²) in [6, 6.07) is 3.87. The van der Waals surface area contributed by atoms with Crippen LogP contribution in [0, 0.1) is 5.92 Å². The summed E-state index contributed by atoms with van der Waals surface area (Å²) in [7, 11) is 1.22. The second-order valence-corrected chi connectivity index (χ2v) is 5.76. The van der Waals surface area contributed by atoms with Crippen LogP contribution in [-0.2, 0) is 9.53 Å². The minimum Gasteiger partial charge on any atom is -0.468 e. The molecule has 1 aromatic rings. The summed E-state index contributed by atoms with van der Waals surface area (Å²) in [6.07, 6.45) is 0. The number of hydrogen-bond donors (Lipinski definition) is 2. The van der Waals surface area contributed by atoms with Gasteiger partial charge in [0.15, 0.2) is 0 Å². The monoisotopic (exact) mass is 333 g/mol. The van der Waals surface area contributed by atoms with Crippen LogP contribution in [0.3, 0.4) is 0 Å². The zero-order chi connectivity index (χ0) is 17.9. The van der Waals surface area contributed by atoms with Crippen molar-refractivity contribution in [2.45, 2.75) is 13.8 Å². The quantitative estimate of drug-likeness (QED) is 0.623. The van der Waals surface area contributed by atoms with Gasteiger partial charge in [0.2, 0.25) is 0 Å². The molecule has 2 rings (SSSR count). The van der Waals surface area contributed by atoms with Crippen LogP contribution >= 0.6 is 0 Å². The highest BCUT2D eigenvalue weighted by atomic mass is 16.5. The molecule has 0 radical (unpaired) electrons. The smallest absolute Gasteiger partial charge is 0.325 e. The van der Waals surface area contributed by atoms with Crippen LogP contribution in [0.2, 0.25) is 0 Å². The number of nitrogens with one attached hydrogen (secondary N) is 2. The van der Waals surface area contributed by atoms with Crippen LogP contribution in [0.1, 0.15) is 34.6 Å². The predicted molar refractivity (Wildman–Crippen MR) is 85.7 cm³/mol. The molecule has 0 aromatic heterocycles. The molecule has 8 nitrogen and oxygen atoms in total. The summed E-state index contributed by atoms with van der Waals surface area (Å²) >= 11 is 0. The van der Waals surface area contributed by atoms with Crippen molar-refractivity contribution in [3.8, 4) is 0 Å². The van der Waals surface area contributed by atoms with Gasteiger partial charge in [0.25, 0.3) is 11.8 Å². The van der Waals surface area contributed by atoms with Crippen molar-refractivity contribution >= 4 is 29.5 Å². The van der Waals surface area contributed by atoms with Crippen LogP contribution in [0.4, 0.5) is 10.5 Å². The van der Waals surface area contributed by atoms with Gasteiger partial charge in [-0.15, -0.1) is 0 Å². The largest absolute Gasteiger partial charge is 0.468 e. The Balaban J connectivity index is 2.09. The van der Waals surface area contributed by atoms with E-state index in [9.17, 15) is 19.2 Å². The Labute approximate surface area is 139 Å². The van der Waals surface area contributed by atoms with E-state index in [-0.39, 0.29) is 29.8 Å². The highest BCUT2D eigenvalue weighted by molar-refractivity contribution is 6.21. The molecule has 0 saturated heterocycles. The van der Waals surface area contributed by atoms with E-state index in [0.717, 1.165) is 0 Å². The number of carbonyl (C=O) groups excluding carboxylic acids is 4. The first-order valence-corrected chi connectivity index (χ1v) is 7.45. The van der Waals surface area contributed by atoms with Crippen LogP contribution in [-0.4, -0.2) is 48.9 Å². The Kier molecular flexibility index (Phi) is 5.18. The Morgan fingerprint density at radius 2 is 1.83 bits per heavy atom. The van der Waals surface area contributed by atoms with E-state index in [1.807, 2.05) is 13.8 Å². The van der Waals surface area contributed by atoms with Crippen LogP contribution in [0.25, 0.3) is 0 Å². The van der Waals surface area contributed by atoms with E-state index in [1.165, 1.54) is 30.2 Å². The lowest BCUT2D eigenvalue weighted by Gasteiger charge is -2.15. The first kappa shape index (κ1) is 17.5. The van der Waals surface area contributed by atoms with Gasteiger partial charge in [-0.05, 0) is 24.1 Å². The van der Waals surface area contributed by atoms with Crippen LogP contribution in [0.5, 0.6) is 0 Å². The number of amides is 4. The Morgan fingerprint density at radius 1 is 1.17 bits per heavy atom. The van der Waals surface area contributed by atoms with E-state index in [1.54, 1.807) is 0 Å². The van der Waals surface area contributed by atoms with Gasteiger partial charge in [0.1, 0.15) is 6.54 Å². The summed E-state index contributed by atoms with van der Waals surface area (Å²) < 4.78 is 4.41. The molecule has 128 valence electrons. The highest BCUT2D eigenvalue weighted by Crippen LogP contribution is 2.26. The van der Waals surface area contributed by atoms with Crippen LogP contribution in [0.15, 0.2) is 18.2 Å². The average Bonchev–Trinajstić information content (AvgIpc) is 2.77. The highest BCUT2D eigenvalue weighted by Gasteiger charge is 2.35. The van der Waals surface area contributed by atoms with Crippen molar-refractivity contribution in [1.29, 1.82) is 0 Å². The van der Waals surface area contributed by atoms with Gasteiger partial charge >= 0.3 is 12.0 Å². The maximum Gasteiger partial charge on any atom is 0.325 e. The van der Waals surface area contributed by atoms with E-state index < -0.39 is 12.0 Å². The molecule has 0 aliphatic carbocycles. The Morgan fingerprint density at radius 3 is 2.46 bits per heavy atom. The third-order valence-electron chi connectivity index (χ3n) is 3.40. The first-order chi connectivity index (χ1) is 11.3. The number of anilines is 1. The zero-order valence-corrected chi connectivity index (χ0v) is 13.7. The van der Waals surface area contributed by atoms with E-state index in [2.05, 4.69) is 15.4 Å². The third-order valence-corrected chi connectivity index (χ3v) is 3.40. The lowest BCUT2D eigenvalue weighted by Crippen LogP contribution is -2.33. The van der Waals surface area contributed by atoms with Crippen molar-refractivity contribution in [2.24, 2.45) is 5.92 Å². The number of imide groups is 1. The topological polar surface area (TPSA) is 105 Å². The minimum atomic E-state index is -0.615. The van der Waals surface area contributed by atoms with Crippen LogP contribution < -0.4 is 10.6 Å². The number of ether oxygens (including phenoxy) is 1. The number of nitrogens with zero attached hydrogens (tertiary/aromatic N) is 1. The second kappa shape index (κ2) is 7.12. The number of carbonyl (C=O) groups is 4. The number of esters is 1. The molecule has 8 heteroatoms. The van der Waals surface area contributed by atoms with Gasteiger partial charge in [-0.2, -0.15) is 0 Å². The molecule has 2 N–H and O–H groups in total. The molecular weight excluding hydrogens is 314 g/mol. The molecule has 0 bridgehead atoms. The number of methoxy groups -OCH3 is 1. The molecule has 0 spiro atoms. The number of urea groups is 1. The summed E-state index contributed by atoms with van der Waals surface area (Å²) in [5.74, 6) is -1.12. The van der Waals surface area contributed by atoms with E-state index in [4.69, 9.17) is 0 Å². The molecular formula is C16H19N3O5. The summed E-state index contributed by atoms with van der Waals surface area (Å²) in [6.45, 7) is 3.91. The molecule has 1 aliphatic rings. The average molecular weight is 333 g/mol. The van der Waals surface area contributed by atoms with Gasteiger partial charge in [-0.25, -0.2) is 4.79 Å². The zero-order valence-electron chi connectivity index (χ0n) is 13.7. The first-order valence-electron chi connectivity index (χ1n) is 7.45. The van der Waals surface area contributed by atoms with Crippen molar-refractivity contribution in [2.75, 3.05) is 25.5 Å². The number of hydrogen-bond acceptors (Lipinski definition) is 5.